The lowest BCUT2D eigenvalue weighted by atomic mass is 10.1. The largest absolute Gasteiger partial charge is 0.756 e. The third-order valence-electron chi connectivity index (χ3n) is 11.7. The molecule has 0 heterocycles. The van der Waals surface area contributed by atoms with Gasteiger partial charge in [-0.15, -0.1) is 0 Å². The average molecular weight is 960 g/mol. The smallest absolute Gasteiger partial charge is 0.306 e. The average Bonchev–Trinajstić information content (AvgIpc) is 3.29. The molecule has 0 aromatic heterocycles. The van der Waals surface area contributed by atoms with Gasteiger partial charge in [-0.2, -0.15) is 0 Å². The molecule has 9 heteroatoms. The molecule has 0 fully saturated rings. The Morgan fingerprint density at radius 2 is 0.866 bits per heavy atom. The number of esters is 1. The van der Waals surface area contributed by atoms with Gasteiger partial charge in [0.2, 0.25) is 0 Å². The molecule has 0 saturated carbocycles. The number of allylic oxidation sites excluding steroid dienone is 12. The minimum absolute atomic E-state index is 0.0225. The summed E-state index contributed by atoms with van der Waals surface area (Å²) in [5, 5.41) is 0. The highest BCUT2D eigenvalue weighted by Gasteiger charge is 2.20. The Bertz CT molecular complexity index is 1300. The summed E-state index contributed by atoms with van der Waals surface area (Å²) in [6.07, 6.45) is 66.5. The van der Waals surface area contributed by atoms with E-state index in [2.05, 4.69) is 86.8 Å². The highest BCUT2D eigenvalue weighted by atomic mass is 31.2. The zero-order valence-electron chi connectivity index (χ0n) is 44.3. The molecule has 2 atom stereocenters. The SMILES string of the molecule is CC/C=C\C/C=C\C/C=C\C/C=C\C/C=C\CCCCCCCCCCCCOCC(COP(=O)([O-])OCC[N+](C)(C)C)OC(=O)CCCCCCCCCCC/C=C\CCCCCCCC. The van der Waals surface area contributed by atoms with Crippen molar-refractivity contribution >= 4 is 13.8 Å². The molecule has 0 spiro atoms. The molecule has 0 aliphatic rings. The van der Waals surface area contributed by atoms with Crippen LogP contribution in [0.3, 0.4) is 0 Å². The lowest BCUT2D eigenvalue weighted by Crippen LogP contribution is -2.37. The summed E-state index contributed by atoms with van der Waals surface area (Å²) in [6, 6.07) is 0. The van der Waals surface area contributed by atoms with Crippen LogP contribution in [-0.2, 0) is 27.9 Å². The Labute approximate surface area is 414 Å². The topological polar surface area (TPSA) is 94.1 Å². The quantitative estimate of drug-likeness (QED) is 0.0197. The van der Waals surface area contributed by atoms with E-state index in [1.165, 1.54) is 148 Å². The van der Waals surface area contributed by atoms with Crippen molar-refractivity contribution in [1.29, 1.82) is 0 Å². The molecule has 2 unspecified atom stereocenters. The molecule has 0 amide bonds. The third-order valence-corrected chi connectivity index (χ3v) is 12.7. The van der Waals surface area contributed by atoms with Gasteiger partial charge in [0.15, 0.2) is 0 Å². The van der Waals surface area contributed by atoms with E-state index in [-0.39, 0.29) is 25.8 Å². The van der Waals surface area contributed by atoms with Crippen molar-refractivity contribution in [3.05, 3.63) is 72.9 Å². The lowest BCUT2D eigenvalue weighted by molar-refractivity contribution is -0.870. The van der Waals surface area contributed by atoms with E-state index in [1.54, 1.807) is 0 Å². The molecule has 390 valence electrons. The van der Waals surface area contributed by atoms with Crippen LogP contribution in [0.2, 0.25) is 0 Å². The standard InChI is InChI=1S/C58H106NO7P/c1-6-8-10-12-14-16-18-20-22-24-26-27-28-29-30-31-32-34-36-38-40-42-44-46-48-50-53-63-55-57(56-65-67(61,62)64-54-52-59(3,4)5)66-58(60)51-49-47-45-43-41-39-37-35-33-25-23-21-19-17-15-13-11-9-7-2/h8,10,14,16,20-23,26-27,29-30,57H,6-7,9,11-13,15,17-19,24-25,28,31-56H2,1-5H3/b10-8-,16-14-,22-20-,23-21-,27-26-,30-29-. The fourth-order valence-electron chi connectivity index (χ4n) is 7.51. The number of phosphoric acid groups is 1. The van der Waals surface area contributed by atoms with E-state index in [0.717, 1.165) is 64.2 Å². The van der Waals surface area contributed by atoms with Crippen molar-refractivity contribution < 1.29 is 37.3 Å². The Morgan fingerprint density at radius 1 is 0.478 bits per heavy atom. The summed E-state index contributed by atoms with van der Waals surface area (Å²) < 4.78 is 34.8. The number of hydrogen-bond acceptors (Lipinski definition) is 7. The van der Waals surface area contributed by atoms with Crippen LogP contribution in [0.25, 0.3) is 0 Å². The van der Waals surface area contributed by atoms with Crippen LogP contribution < -0.4 is 4.89 Å². The summed E-state index contributed by atoms with van der Waals surface area (Å²) in [7, 11) is 1.35. The Hall–Kier alpha value is -2.06. The van der Waals surface area contributed by atoms with Gasteiger partial charge in [0.05, 0.1) is 34.4 Å². The maximum absolute atomic E-state index is 12.8. The second-order valence-corrected chi connectivity index (χ2v) is 21.0. The first-order valence-corrected chi connectivity index (χ1v) is 29.1. The van der Waals surface area contributed by atoms with Gasteiger partial charge < -0.3 is 27.9 Å². The number of carbonyl (C=O) groups excluding carboxylic acids is 1. The van der Waals surface area contributed by atoms with E-state index in [4.69, 9.17) is 18.5 Å². The van der Waals surface area contributed by atoms with Gasteiger partial charge in [-0.3, -0.25) is 9.36 Å². The normalized spacial score (nSPS) is 14.1. The van der Waals surface area contributed by atoms with Gasteiger partial charge in [0.25, 0.3) is 7.82 Å². The molecule has 0 aliphatic heterocycles. The summed E-state index contributed by atoms with van der Waals surface area (Å²) in [5.41, 5.74) is 0. The van der Waals surface area contributed by atoms with E-state index in [1.807, 2.05) is 21.1 Å². The highest BCUT2D eigenvalue weighted by Crippen LogP contribution is 2.38. The molecular formula is C58H106NO7P. The van der Waals surface area contributed by atoms with Gasteiger partial charge in [-0.25, -0.2) is 0 Å². The minimum Gasteiger partial charge on any atom is -0.756 e. The van der Waals surface area contributed by atoms with Crippen molar-refractivity contribution in [3.8, 4) is 0 Å². The second kappa shape index (κ2) is 50.3. The van der Waals surface area contributed by atoms with Gasteiger partial charge in [0.1, 0.15) is 19.3 Å². The van der Waals surface area contributed by atoms with E-state index in [9.17, 15) is 14.3 Å². The van der Waals surface area contributed by atoms with Crippen LogP contribution >= 0.6 is 7.82 Å². The monoisotopic (exact) mass is 960 g/mol. The Morgan fingerprint density at radius 3 is 1.31 bits per heavy atom. The number of carbonyl (C=O) groups is 1. The first-order chi connectivity index (χ1) is 32.6. The lowest BCUT2D eigenvalue weighted by Gasteiger charge is -2.28. The van der Waals surface area contributed by atoms with Crippen molar-refractivity contribution in [2.45, 2.75) is 238 Å². The van der Waals surface area contributed by atoms with Crippen molar-refractivity contribution in [2.24, 2.45) is 0 Å². The first-order valence-electron chi connectivity index (χ1n) is 27.7. The van der Waals surface area contributed by atoms with Crippen LogP contribution in [0.4, 0.5) is 0 Å². The fraction of sp³-hybridized carbons (Fsp3) is 0.776. The molecule has 0 aromatic carbocycles. The number of phosphoric ester groups is 1. The molecule has 0 N–H and O–H groups in total. The van der Waals surface area contributed by atoms with Crippen LogP contribution in [0.5, 0.6) is 0 Å². The van der Waals surface area contributed by atoms with Gasteiger partial charge in [-0.05, 0) is 83.5 Å². The predicted molar refractivity (Wildman–Crippen MR) is 286 cm³/mol. The first kappa shape index (κ1) is 64.9. The Kier molecular flexibility index (Phi) is 48.8. The summed E-state index contributed by atoms with van der Waals surface area (Å²) in [5.74, 6) is -0.338. The Balaban J connectivity index is 4.11. The minimum atomic E-state index is -4.54. The molecule has 0 aliphatic carbocycles. The molecule has 0 saturated heterocycles. The molecule has 0 aromatic rings. The molecule has 8 nitrogen and oxygen atoms in total. The van der Waals surface area contributed by atoms with Crippen molar-refractivity contribution in [2.75, 3.05) is 54.1 Å². The van der Waals surface area contributed by atoms with Crippen molar-refractivity contribution in [3.63, 3.8) is 0 Å². The summed E-state index contributed by atoms with van der Waals surface area (Å²) in [4.78, 5) is 25.2. The molecule has 0 radical (unpaired) electrons. The fourth-order valence-corrected chi connectivity index (χ4v) is 8.24. The van der Waals surface area contributed by atoms with E-state index >= 15 is 0 Å². The molecule has 67 heavy (non-hydrogen) atoms. The van der Waals surface area contributed by atoms with Crippen molar-refractivity contribution in [1.82, 2.24) is 0 Å². The molecular weight excluding hydrogens is 854 g/mol. The third kappa shape index (κ3) is 54.7. The number of hydrogen-bond donors (Lipinski definition) is 0. The second-order valence-electron chi connectivity index (χ2n) is 19.6. The number of rotatable bonds is 51. The van der Waals surface area contributed by atoms with Crippen LogP contribution in [0, 0.1) is 0 Å². The van der Waals surface area contributed by atoms with Crippen LogP contribution in [-0.4, -0.2) is 70.7 Å². The van der Waals surface area contributed by atoms with Crippen LogP contribution in [0.15, 0.2) is 72.9 Å². The van der Waals surface area contributed by atoms with Crippen LogP contribution in [0.1, 0.15) is 232 Å². The number of likely N-dealkylation sites (N-methyl/N-ethyl adjacent to an activating group) is 1. The number of ether oxygens (including phenoxy) is 2. The summed E-state index contributed by atoms with van der Waals surface area (Å²) in [6.45, 7) is 5.30. The highest BCUT2D eigenvalue weighted by molar-refractivity contribution is 7.45. The molecule has 0 bridgehead atoms. The number of quaternary nitrogens is 1. The van der Waals surface area contributed by atoms with Gasteiger partial charge in [0, 0.05) is 13.0 Å². The van der Waals surface area contributed by atoms with E-state index in [0.29, 0.717) is 24.1 Å². The van der Waals surface area contributed by atoms with Gasteiger partial charge >= 0.3 is 5.97 Å². The van der Waals surface area contributed by atoms with Gasteiger partial charge in [-0.1, -0.05) is 215 Å². The maximum Gasteiger partial charge on any atom is 0.306 e. The predicted octanol–water partition coefficient (Wildman–Crippen LogP) is 16.8. The summed E-state index contributed by atoms with van der Waals surface area (Å²) >= 11 is 0. The number of nitrogens with zero attached hydrogens (tertiary/aromatic N) is 1. The number of unbranched alkanes of at least 4 members (excludes halogenated alkanes) is 25. The van der Waals surface area contributed by atoms with E-state index < -0.39 is 13.9 Å². The zero-order chi connectivity index (χ0) is 49.0. The maximum atomic E-state index is 12.8. The molecule has 0 rings (SSSR count). The zero-order valence-corrected chi connectivity index (χ0v) is 45.2.